The highest BCUT2D eigenvalue weighted by Gasteiger charge is 2.38. The summed E-state index contributed by atoms with van der Waals surface area (Å²) >= 11 is 0. The number of hydrazine groups is 1. The highest BCUT2D eigenvalue weighted by atomic mass is 32.2. The van der Waals surface area contributed by atoms with Gasteiger partial charge in [0.2, 0.25) is 10.0 Å². The first-order valence-electron chi connectivity index (χ1n) is 13.0. The fourth-order valence-electron chi connectivity index (χ4n) is 4.63. The third-order valence-corrected chi connectivity index (χ3v) is 7.93. The van der Waals surface area contributed by atoms with Gasteiger partial charge in [0, 0.05) is 23.3 Å². The molecule has 2 aromatic rings. The first-order chi connectivity index (χ1) is 17.4. The molecule has 0 fully saturated rings. The summed E-state index contributed by atoms with van der Waals surface area (Å²) in [5, 5.41) is 2.13. The van der Waals surface area contributed by atoms with Gasteiger partial charge in [0.05, 0.1) is 23.1 Å². The van der Waals surface area contributed by atoms with Crippen LogP contribution in [0.2, 0.25) is 0 Å². The summed E-state index contributed by atoms with van der Waals surface area (Å²) in [5.41, 5.74) is 7.01. The summed E-state index contributed by atoms with van der Waals surface area (Å²) in [6, 6.07) is 14.8. The fraction of sp³-hybridized carbons (Fsp3) is 0.483. The van der Waals surface area contributed by atoms with Gasteiger partial charge in [-0.05, 0) is 63.6 Å². The summed E-state index contributed by atoms with van der Waals surface area (Å²) in [6.07, 6.45) is 1.57. The molecule has 202 valence electrons. The first-order valence-corrected chi connectivity index (χ1v) is 14.5. The quantitative estimate of drug-likeness (QED) is 0.421. The molecular weight excluding hydrogens is 486 g/mol. The second-order valence-corrected chi connectivity index (χ2v) is 12.4. The Balaban J connectivity index is 1.94. The number of carbonyl (C=O) groups excluding carboxylic acids is 1. The summed E-state index contributed by atoms with van der Waals surface area (Å²) < 4.78 is 34.4. The molecule has 0 saturated carbocycles. The molecule has 0 saturated heterocycles. The molecule has 7 nitrogen and oxygen atoms in total. The molecule has 0 amide bonds. The van der Waals surface area contributed by atoms with Crippen molar-refractivity contribution in [2.75, 3.05) is 13.2 Å². The van der Waals surface area contributed by atoms with Gasteiger partial charge in [-0.3, -0.25) is 0 Å². The number of hydrogen-bond donors (Lipinski definition) is 2. The molecule has 3 rings (SSSR count). The largest absolute Gasteiger partial charge is 0.463 e. The SMILES string of the molecule is CCCN1NC(C(C)C)=C(C(=O)OCC)C1Cc1ccc(-c2ccccc2S(=O)(=O)NC(C)(C)C)cc1. The van der Waals surface area contributed by atoms with Crippen LogP contribution in [0.1, 0.15) is 60.5 Å². The van der Waals surface area contributed by atoms with Gasteiger partial charge in [-0.1, -0.05) is 63.2 Å². The van der Waals surface area contributed by atoms with Gasteiger partial charge in [-0.25, -0.2) is 22.9 Å². The van der Waals surface area contributed by atoms with Gasteiger partial charge in [0.15, 0.2) is 0 Å². The van der Waals surface area contributed by atoms with Crippen LogP contribution in [-0.4, -0.2) is 44.1 Å². The Morgan fingerprint density at radius 3 is 2.30 bits per heavy atom. The Hall–Kier alpha value is -2.68. The Bertz CT molecular complexity index is 1230. The Kier molecular flexibility index (Phi) is 9.21. The highest BCUT2D eigenvalue weighted by Crippen LogP contribution is 2.31. The minimum absolute atomic E-state index is 0.147. The Morgan fingerprint density at radius 2 is 1.73 bits per heavy atom. The van der Waals surface area contributed by atoms with E-state index in [0.29, 0.717) is 24.2 Å². The standard InChI is InChI=1S/C29H41N3O4S/c1-8-18-32-24(26(28(33)36-9-2)27(30-32)20(3)4)19-21-14-16-22(17-15-21)23-12-10-11-13-25(23)37(34,35)31-29(5,6)7/h10-17,20,24,30-31H,8-9,18-19H2,1-7H3. The maximum atomic E-state index is 13.1. The van der Waals surface area contributed by atoms with E-state index in [-0.39, 0.29) is 22.8 Å². The molecule has 1 atom stereocenters. The summed E-state index contributed by atoms with van der Waals surface area (Å²) in [5.74, 6) is -0.115. The van der Waals surface area contributed by atoms with Crippen molar-refractivity contribution in [2.45, 2.75) is 77.8 Å². The van der Waals surface area contributed by atoms with Crippen molar-refractivity contribution in [3.63, 3.8) is 0 Å². The molecule has 0 aromatic heterocycles. The maximum Gasteiger partial charge on any atom is 0.337 e. The number of allylic oxidation sites excluding steroid dienone is 1. The lowest BCUT2D eigenvalue weighted by Crippen LogP contribution is -2.42. The summed E-state index contributed by atoms with van der Waals surface area (Å²) in [7, 11) is -3.70. The average Bonchev–Trinajstić information content (AvgIpc) is 3.17. The van der Waals surface area contributed by atoms with Crippen LogP contribution in [0.3, 0.4) is 0 Å². The van der Waals surface area contributed by atoms with Crippen molar-refractivity contribution < 1.29 is 17.9 Å². The molecule has 1 heterocycles. The van der Waals surface area contributed by atoms with Crippen molar-refractivity contribution in [1.82, 2.24) is 15.2 Å². The van der Waals surface area contributed by atoms with Crippen LogP contribution < -0.4 is 10.1 Å². The van der Waals surface area contributed by atoms with Gasteiger partial charge < -0.3 is 10.2 Å². The number of ether oxygens (including phenoxy) is 1. The lowest BCUT2D eigenvalue weighted by atomic mass is 9.94. The molecule has 1 unspecified atom stereocenters. The third-order valence-electron chi connectivity index (χ3n) is 6.11. The van der Waals surface area contributed by atoms with E-state index in [4.69, 9.17) is 4.74 Å². The van der Waals surface area contributed by atoms with Crippen LogP contribution in [0.15, 0.2) is 64.7 Å². The number of rotatable bonds is 10. The monoisotopic (exact) mass is 527 g/mol. The van der Waals surface area contributed by atoms with E-state index in [1.165, 1.54) is 0 Å². The zero-order valence-corrected chi connectivity index (χ0v) is 23.9. The normalized spacial score (nSPS) is 16.8. The number of esters is 1. The van der Waals surface area contributed by atoms with Crippen LogP contribution >= 0.6 is 0 Å². The summed E-state index contributed by atoms with van der Waals surface area (Å²) in [4.78, 5) is 13.2. The van der Waals surface area contributed by atoms with Gasteiger partial charge in [-0.2, -0.15) is 0 Å². The fourth-order valence-corrected chi connectivity index (χ4v) is 6.28. The van der Waals surface area contributed by atoms with E-state index >= 15 is 0 Å². The number of sulfonamides is 1. The Morgan fingerprint density at radius 1 is 1.08 bits per heavy atom. The van der Waals surface area contributed by atoms with E-state index < -0.39 is 15.6 Å². The number of carbonyl (C=O) groups is 1. The molecule has 2 aromatic carbocycles. The molecule has 0 spiro atoms. The Labute approximate surface area is 222 Å². The van der Waals surface area contributed by atoms with E-state index in [1.54, 1.807) is 12.1 Å². The molecule has 37 heavy (non-hydrogen) atoms. The van der Waals surface area contributed by atoms with Crippen molar-refractivity contribution >= 4 is 16.0 Å². The zero-order valence-electron chi connectivity index (χ0n) is 23.1. The molecule has 0 aliphatic carbocycles. The van der Waals surface area contributed by atoms with Crippen molar-refractivity contribution in [3.05, 3.63) is 65.4 Å². The molecule has 0 radical (unpaired) electrons. The van der Waals surface area contributed by atoms with Gasteiger partial charge in [0.1, 0.15) is 0 Å². The highest BCUT2D eigenvalue weighted by molar-refractivity contribution is 7.89. The average molecular weight is 528 g/mol. The molecule has 1 aliphatic heterocycles. The molecule has 0 bridgehead atoms. The van der Waals surface area contributed by atoms with E-state index in [2.05, 4.69) is 35.9 Å². The van der Waals surface area contributed by atoms with Crippen LogP contribution in [0, 0.1) is 5.92 Å². The minimum atomic E-state index is -3.70. The van der Waals surface area contributed by atoms with Crippen molar-refractivity contribution in [3.8, 4) is 11.1 Å². The second kappa shape index (κ2) is 11.8. The topological polar surface area (TPSA) is 87.7 Å². The van der Waals surface area contributed by atoms with Gasteiger partial charge >= 0.3 is 5.97 Å². The maximum absolute atomic E-state index is 13.1. The minimum Gasteiger partial charge on any atom is -0.463 e. The van der Waals surface area contributed by atoms with E-state index in [1.807, 2.05) is 64.1 Å². The first kappa shape index (κ1) is 28.9. The molecule has 1 aliphatic rings. The van der Waals surface area contributed by atoms with Crippen molar-refractivity contribution in [1.29, 1.82) is 0 Å². The molecule has 2 N–H and O–H groups in total. The molecule has 8 heteroatoms. The molecular formula is C29H41N3O4S. The number of benzene rings is 2. The predicted molar refractivity (Wildman–Crippen MR) is 148 cm³/mol. The lowest BCUT2D eigenvalue weighted by Gasteiger charge is -2.26. The number of hydrogen-bond acceptors (Lipinski definition) is 6. The second-order valence-electron chi connectivity index (χ2n) is 10.8. The number of nitrogens with zero attached hydrogens (tertiary/aromatic N) is 1. The lowest BCUT2D eigenvalue weighted by molar-refractivity contribution is -0.139. The van der Waals surface area contributed by atoms with Gasteiger partial charge in [-0.15, -0.1) is 0 Å². The van der Waals surface area contributed by atoms with Crippen LogP contribution in [0.25, 0.3) is 11.1 Å². The van der Waals surface area contributed by atoms with E-state index in [0.717, 1.165) is 29.8 Å². The smallest absolute Gasteiger partial charge is 0.337 e. The summed E-state index contributed by atoms with van der Waals surface area (Å²) in [6.45, 7) is 14.7. The van der Waals surface area contributed by atoms with Crippen LogP contribution in [0.4, 0.5) is 0 Å². The van der Waals surface area contributed by atoms with Crippen LogP contribution in [0.5, 0.6) is 0 Å². The van der Waals surface area contributed by atoms with Crippen LogP contribution in [-0.2, 0) is 26.0 Å². The van der Waals surface area contributed by atoms with Crippen molar-refractivity contribution in [2.24, 2.45) is 5.92 Å². The predicted octanol–water partition coefficient (Wildman–Crippen LogP) is 5.04. The third kappa shape index (κ3) is 7.00. The zero-order chi connectivity index (χ0) is 27.4. The number of nitrogens with one attached hydrogen (secondary N) is 2. The van der Waals surface area contributed by atoms with Gasteiger partial charge in [0.25, 0.3) is 0 Å². The van der Waals surface area contributed by atoms with E-state index in [9.17, 15) is 13.2 Å².